The van der Waals surface area contributed by atoms with Crippen molar-refractivity contribution in [3.05, 3.63) is 23.9 Å². The molecule has 0 radical (unpaired) electrons. The Kier molecular flexibility index (Phi) is 10.1. The second-order valence-electron chi connectivity index (χ2n) is 7.59. The van der Waals surface area contributed by atoms with E-state index in [9.17, 15) is 0 Å². The third-order valence-electron chi connectivity index (χ3n) is 4.35. The third kappa shape index (κ3) is 8.44. The van der Waals surface area contributed by atoms with Crippen LogP contribution in [0.25, 0.3) is 0 Å². The van der Waals surface area contributed by atoms with Crippen LogP contribution in [-0.4, -0.2) is 63.0 Å². The third-order valence-corrected chi connectivity index (χ3v) is 4.35. The first-order valence-corrected chi connectivity index (χ1v) is 10.5. The van der Waals surface area contributed by atoms with Crippen molar-refractivity contribution in [2.45, 2.75) is 46.8 Å². The number of hydrogen-bond acceptors (Lipinski definition) is 5. The second kappa shape index (κ2) is 12.6. The van der Waals surface area contributed by atoms with E-state index in [1.807, 2.05) is 12.3 Å². The maximum atomic E-state index is 5.62. The van der Waals surface area contributed by atoms with Crippen molar-refractivity contribution in [3.63, 3.8) is 0 Å². The molecule has 2 N–H and O–H groups in total. The number of morpholine rings is 1. The van der Waals surface area contributed by atoms with Gasteiger partial charge in [0.15, 0.2) is 5.96 Å². The molecule has 1 aliphatic rings. The standard InChI is InChI=1S/C21H37N5O2/c1-5-22-21(24-8-6-11-27-16-17(2)3)25-14-19-7-9-23-20(13-19)26-10-12-28-18(4)15-26/h7,9,13,17-18H,5-6,8,10-12,14-16H2,1-4H3,(H2,22,24,25). The van der Waals surface area contributed by atoms with E-state index in [0.717, 1.165) is 69.8 Å². The predicted octanol–water partition coefficient (Wildman–Crippen LogP) is 2.42. The first kappa shape index (κ1) is 22.4. The summed E-state index contributed by atoms with van der Waals surface area (Å²) in [4.78, 5) is 11.5. The fraction of sp³-hybridized carbons (Fsp3) is 0.714. The predicted molar refractivity (Wildman–Crippen MR) is 115 cm³/mol. The van der Waals surface area contributed by atoms with Crippen molar-refractivity contribution in [3.8, 4) is 0 Å². The van der Waals surface area contributed by atoms with Crippen molar-refractivity contribution in [1.29, 1.82) is 0 Å². The van der Waals surface area contributed by atoms with Gasteiger partial charge in [0.05, 0.1) is 19.3 Å². The van der Waals surface area contributed by atoms with Gasteiger partial charge >= 0.3 is 0 Å². The Morgan fingerprint density at radius 3 is 3.04 bits per heavy atom. The average Bonchev–Trinajstić information content (AvgIpc) is 2.68. The van der Waals surface area contributed by atoms with Crippen LogP contribution in [0.15, 0.2) is 23.3 Å². The summed E-state index contributed by atoms with van der Waals surface area (Å²) in [5, 5.41) is 6.68. The number of aromatic nitrogens is 1. The fourth-order valence-electron chi connectivity index (χ4n) is 2.97. The summed E-state index contributed by atoms with van der Waals surface area (Å²) in [5.41, 5.74) is 1.15. The molecule has 2 heterocycles. The lowest BCUT2D eigenvalue weighted by atomic mass is 10.2. The topological polar surface area (TPSA) is 71.0 Å². The molecule has 1 unspecified atom stereocenters. The van der Waals surface area contributed by atoms with Gasteiger partial charge in [-0.05, 0) is 43.9 Å². The molecule has 1 fully saturated rings. The Morgan fingerprint density at radius 2 is 2.29 bits per heavy atom. The molecule has 1 aliphatic heterocycles. The lowest BCUT2D eigenvalue weighted by Gasteiger charge is -2.32. The summed E-state index contributed by atoms with van der Waals surface area (Å²) < 4.78 is 11.2. The Hall–Kier alpha value is -1.86. The first-order chi connectivity index (χ1) is 13.6. The number of nitrogens with zero attached hydrogens (tertiary/aromatic N) is 3. The molecule has 0 saturated carbocycles. The van der Waals surface area contributed by atoms with E-state index in [1.54, 1.807) is 0 Å². The van der Waals surface area contributed by atoms with Gasteiger partial charge in [0.2, 0.25) is 0 Å². The number of pyridine rings is 1. The van der Waals surface area contributed by atoms with Gasteiger partial charge in [0.25, 0.3) is 0 Å². The first-order valence-electron chi connectivity index (χ1n) is 10.5. The zero-order chi connectivity index (χ0) is 20.2. The summed E-state index contributed by atoms with van der Waals surface area (Å²) in [6, 6.07) is 4.16. The van der Waals surface area contributed by atoms with Gasteiger partial charge < -0.3 is 25.0 Å². The van der Waals surface area contributed by atoms with Crippen molar-refractivity contribution >= 4 is 11.8 Å². The van der Waals surface area contributed by atoms with Gasteiger partial charge in [-0.2, -0.15) is 0 Å². The van der Waals surface area contributed by atoms with Gasteiger partial charge in [-0.25, -0.2) is 9.98 Å². The van der Waals surface area contributed by atoms with Crippen molar-refractivity contribution in [1.82, 2.24) is 15.6 Å². The van der Waals surface area contributed by atoms with Gasteiger partial charge in [0, 0.05) is 45.6 Å². The maximum absolute atomic E-state index is 5.62. The normalized spacial score (nSPS) is 17.8. The van der Waals surface area contributed by atoms with Gasteiger partial charge in [-0.15, -0.1) is 0 Å². The minimum atomic E-state index is 0.242. The fourth-order valence-corrected chi connectivity index (χ4v) is 2.97. The van der Waals surface area contributed by atoms with E-state index in [1.165, 1.54) is 0 Å². The maximum Gasteiger partial charge on any atom is 0.191 e. The van der Waals surface area contributed by atoms with E-state index >= 15 is 0 Å². The number of hydrogen-bond donors (Lipinski definition) is 2. The number of aliphatic imine (C=N–C) groups is 1. The van der Waals surface area contributed by atoms with E-state index < -0.39 is 0 Å². The molecule has 1 aromatic heterocycles. The number of ether oxygens (including phenoxy) is 2. The summed E-state index contributed by atoms with van der Waals surface area (Å²) in [6.07, 6.45) is 3.07. The summed E-state index contributed by atoms with van der Waals surface area (Å²) in [6.45, 7) is 14.9. The van der Waals surface area contributed by atoms with Crippen LogP contribution >= 0.6 is 0 Å². The quantitative estimate of drug-likeness (QED) is 0.363. The second-order valence-corrected chi connectivity index (χ2v) is 7.59. The summed E-state index contributed by atoms with van der Waals surface area (Å²) in [5.74, 6) is 2.42. The van der Waals surface area contributed by atoms with Crippen LogP contribution in [0, 0.1) is 5.92 Å². The number of anilines is 1. The van der Waals surface area contributed by atoms with Crippen LogP contribution < -0.4 is 15.5 Å². The molecule has 0 aromatic carbocycles. The Balaban J connectivity index is 1.83. The number of nitrogens with one attached hydrogen (secondary N) is 2. The largest absolute Gasteiger partial charge is 0.381 e. The molecule has 7 heteroatoms. The zero-order valence-corrected chi connectivity index (χ0v) is 17.9. The van der Waals surface area contributed by atoms with E-state index in [4.69, 9.17) is 14.5 Å². The molecular formula is C21H37N5O2. The molecule has 2 rings (SSSR count). The summed E-state index contributed by atoms with van der Waals surface area (Å²) >= 11 is 0. The molecule has 0 amide bonds. The molecule has 0 aliphatic carbocycles. The Morgan fingerprint density at radius 1 is 1.43 bits per heavy atom. The highest BCUT2D eigenvalue weighted by Crippen LogP contribution is 2.16. The molecule has 7 nitrogen and oxygen atoms in total. The van der Waals surface area contributed by atoms with Crippen molar-refractivity contribution in [2.75, 3.05) is 50.9 Å². The highest BCUT2D eigenvalue weighted by Gasteiger charge is 2.17. The molecule has 158 valence electrons. The molecule has 1 atom stereocenters. The minimum absolute atomic E-state index is 0.242. The van der Waals surface area contributed by atoms with Crippen molar-refractivity contribution < 1.29 is 9.47 Å². The van der Waals surface area contributed by atoms with Crippen LogP contribution in [0.4, 0.5) is 5.82 Å². The molecule has 0 bridgehead atoms. The Labute approximate surface area is 169 Å². The van der Waals surface area contributed by atoms with E-state index in [-0.39, 0.29) is 6.10 Å². The highest BCUT2D eigenvalue weighted by molar-refractivity contribution is 5.79. The lowest BCUT2D eigenvalue weighted by Crippen LogP contribution is -2.41. The Bertz CT molecular complexity index is 594. The van der Waals surface area contributed by atoms with Gasteiger partial charge in [0.1, 0.15) is 5.82 Å². The molecule has 1 aromatic rings. The number of guanidine groups is 1. The van der Waals surface area contributed by atoms with Crippen molar-refractivity contribution in [2.24, 2.45) is 10.9 Å². The lowest BCUT2D eigenvalue weighted by molar-refractivity contribution is 0.0529. The molecular weight excluding hydrogens is 354 g/mol. The monoisotopic (exact) mass is 391 g/mol. The zero-order valence-electron chi connectivity index (χ0n) is 17.9. The highest BCUT2D eigenvalue weighted by atomic mass is 16.5. The smallest absolute Gasteiger partial charge is 0.191 e. The van der Waals surface area contributed by atoms with E-state index in [2.05, 4.69) is 54.3 Å². The van der Waals surface area contributed by atoms with Crippen LogP contribution in [0.1, 0.15) is 39.7 Å². The molecule has 0 spiro atoms. The van der Waals surface area contributed by atoms with Crippen LogP contribution in [0.3, 0.4) is 0 Å². The minimum Gasteiger partial charge on any atom is -0.381 e. The molecule has 1 saturated heterocycles. The van der Waals surface area contributed by atoms with Gasteiger partial charge in [-0.3, -0.25) is 0 Å². The van der Waals surface area contributed by atoms with Crippen LogP contribution in [0.2, 0.25) is 0 Å². The van der Waals surface area contributed by atoms with Crippen LogP contribution in [0.5, 0.6) is 0 Å². The SMILES string of the molecule is CCNC(=NCc1ccnc(N2CCOC(C)C2)c1)NCCCOCC(C)C. The van der Waals surface area contributed by atoms with Gasteiger partial charge in [-0.1, -0.05) is 13.8 Å². The molecule has 28 heavy (non-hydrogen) atoms. The summed E-state index contributed by atoms with van der Waals surface area (Å²) in [7, 11) is 0. The number of rotatable bonds is 10. The average molecular weight is 392 g/mol. The van der Waals surface area contributed by atoms with Crippen LogP contribution in [-0.2, 0) is 16.0 Å². The van der Waals surface area contributed by atoms with E-state index in [0.29, 0.717) is 12.5 Å².